The summed E-state index contributed by atoms with van der Waals surface area (Å²) in [6.45, 7) is 2.33. The van der Waals surface area contributed by atoms with Gasteiger partial charge in [0.05, 0.1) is 24.6 Å². The summed E-state index contributed by atoms with van der Waals surface area (Å²) >= 11 is 0. The molecular weight excluding hydrogens is 303 g/mol. The largest absolute Gasteiger partial charge is 0.496 e. The molecule has 2 amide bonds. The molecule has 23 heavy (non-hydrogen) atoms. The number of methoxy groups -OCH3 is 1. The number of hydrogen-bond donors (Lipinski definition) is 2. The fourth-order valence-corrected chi connectivity index (χ4v) is 2.83. The van der Waals surface area contributed by atoms with Crippen LogP contribution in [0.5, 0.6) is 5.75 Å². The Morgan fingerprint density at radius 3 is 2.87 bits per heavy atom. The fraction of sp³-hybridized carbons (Fsp3) is 0.500. The van der Waals surface area contributed by atoms with E-state index in [9.17, 15) is 14.0 Å². The van der Waals surface area contributed by atoms with Gasteiger partial charge in [0.15, 0.2) is 0 Å². The van der Waals surface area contributed by atoms with Gasteiger partial charge in [-0.3, -0.25) is 4.79 Å². The maximum absolute atomic E-state index is 14.0. The molecule has 0 radical (unpaired) electrons. The number of carbonyl (C=O) groups is 2. The van der Waals surface area contributed by atoms with Gasteiger partial charge in [-0.25, -0.2) is 9.18 Å². The zero-order valence-corrected chi connectivity index (χ0v) is 13.2. The van der Waals surface area contributed by atoms with E-state index in [0.29, 0.717) is 25.1 Å². The van der Waals surface area contributed by atoms with Crippen LogP contribution in [-0.4, -0.2) is 42.2 Å². The van der Waals surface area contributed by atoms with Gasteiger partial charge in [-0.15, -0.1) is 0 Å². The van der Waals surface area contributed by atoms with Crippen LogP contribution in [0.3, 0.4) is 0 Å². The average molecular weight is 324 g/mol. The number of ether oxygens (including phenoxy) is 1. The highest BCUT2D eigenvalue weighted by Gasteiger charge is 2.29. The lowest BCUT2D eigenvalue weighted by atomic mass is 9.98. The highest BCUT2D eigenvalue weighted by Crippen LogP contribution is 2.28. The number of carbonyl (C=O) groups excluding carboxylic acids is 1. The Kier molecular flexibility index (Phi) is 5.41. The van der Waals surface area contributed by atoms with Crippen LogP contribution in [-0.2, 0) is 4.79 Å². The van der Waals surface area contributed by atoms with Crippen LogP contribution < -0.4 is 10.1 Å². The second-order valence-corrected chi connectivity index (χ2v) is 5.65. The van der Waals surface area contributed by atoms with Crippen LogP contribution in [0, 0.1) is 11.7 Å². The summed E-state index contributed by atoms with van der Waals surface area (Å²) in [6.07, 6.45) is 1.21. The van der Waals surface area contributed by atoms with Crippen molar-refractivity contribution in [2.75, 3.05) is 20.2 Å². The van der Waals surface area contributed by atoms with Crippen molar-refractivity contribution in [3.05, 3.63) is 29.6 Å². The van der Waals surface area contributed by atoms with Gasteiger partial charge in [-0.05, 0) is 31.9 Å². The van der Waals surface area contributed by atoms with Gasteiger partial charge in [0.2, 0.25) is 0 Å². The minimum atomic E-state index is -0.897. The SMILES string of the molecule is COc1cccc(F)c1C(C)NC(=O)N1CCCC(C(=O)O)C1. The molecule has 2 unspecified atom stereocenters. The third-order valence-corrected chi connectivity index (χ3v) is 4.06. The van der Waals surface area contributed by atoms with E-state index in [2.05, 4.69) is 5.32 Å². The summed E-state index contributed by atoms with van der Waals surface area (Å²) in [5.74, 6) is -1.54. The summed E-state index contributed by atoms with van der Waals surface area (Å²) in [6, 6.07) is 3.48. The molecule has 1 heterocycles. The summed E-state index contributed by atoms with van der Waals surface area (Å²) < 4.78 is 19.2. The summed E-state index contributed by atoms with van der Waals surface area (Å²) in [4.78, 5) is 24.9. The molecule has 2 atom stereocenters. The normalized spacial score (nSPS) is 19.1. The lowest BCUT2D eigenvalue weighted by Gasteiger charge is -2.32. The van der Waals surface area contributed by atoms with Crippen molar-refractivity contribution in [3.8, 4) is 5.75 Å². The number of hydrogen-bond acceptors (Lipinski definition) is 3. The predicted octanol–water partition coefficient (Wildman–Crippen LogP) is 2.40. The minimum absolute atomic E-state index is 0.169. The number of carboxylic acid groups (broad SMARTS) is 1. The molecule has 1 aromatic rings. The van der Waals surface area contributed by atoms with Crippen LogP contribution in [0.25, 0.3) is 0 Å². The van der Waals surface area contributed by atoms with E-state index >= 15 is 0 Å². The van der Waals surface area contributed by atoms with Gasteiger partial charge < -0.3 is 20.1 Å². The summed E-state index contributed by atoms with van der Waals surface area (Å²) in [7, 11) is 1.44. The van der Waals surface area contributed by atoms with Gasteiger partial charge in [-0.1, -0.05) is 6.07 Å². The quantitative estimate of drug-likeness (QED) is 0.891. The summed E-state index contributed by atoms with van der Waals surface area (Å²) in [5.41, 5.74) is 0.273. The minimum Gasteiger partial charge on any atom is -0.496 e. The first kappa shape index (κ1) is 17.1. The smallest absolute Gasteiger partial charge is 0.317 e. The molecule has 1 aliphatic heterocycles. The highest BCUT2D eigenvalue weighted by atomic mass is 19.1. The Labute approximate surface area is 134 Å². The Morgan fingerprint density at radius 1 is 1.48 bits per heavy atom. The molecule has 0 saturated carbocycles. The third-order valence-electron chi connectivity index (χ3n) is 4.06. The number of urea groups is 1. The number of amides is 2. The van der Waals surface area contributed by atoms with Crippen molar-refractivity contribution in [3.63, 3.8) is 0 Å². The molecule has 1 saturated heterocycles. The standard InChI is InChI=1S/C16H21FN2O4/c1-10(14-12(17)6-3-7-13(14)23-2)18-16(22)19-8-4-5-11(9-19)15(20)21/h3,6-7,10-11H,4-5,8-9H2,1-2H3,(H,18,22)(H,20,21). The second-order valence-electron chi connectivity index (χ2n) is 5.65. The van der Waals surface area contributed by atoms with Crippen molar-refractivity contribution in [2.45, 2.75) is 25.8 Å². The third kappa shape index (κ3) is 3.91. The Morgan fingerprint density at radius 2 is 2.22 bits per heavy atom. The number of carboxylic acids is 1. The molecule has 6 nitrogen and oxygen atoms in total. The predicted molar refractivity (Wildman–Crippen MR) is 81.8 cm³/mol. The van der Waals surface area contributed by atoms with Crippen molar-refractivity contribution in [2.24, 2.45) is 5.92 Å². The monoisotopic (exact) mass is 324 g/mol. The van der Waals surface area contributed by atoms with Crippen LogP contribution in [0.2, 0.25) is 0 Å². The second kappa shape index (κ2) is 7.30. The fourth-order valence-electron chi connectivity index (χ4n) is 2.83. The first-order valence-corrected chi connectivity index (χ1v) is 7.54. The van der Waals surface area contributed by atoms with E-state index in [1.54, 1.807) is 13.0 Å². The topological polar surface area (TPSA) is 78.9 Å². The molecule has 0 aromatic heterocycles. The van der Waals surface area contributed by atoms with E-state index in [4.69, 9.17) is 9.84 Å². The van der Waals surface area contributed by atoms with Gasteiger partial charge >= 0.3 is 12.0 Å². The molecule has 2 rings (SSSR count). The molecule has 0 spiro atoms. The Balaban J connectivity index is 2.07. The average Bonchev–Trinajstić information content (AvgIpc) is 2.54. The number of aliphatic carboxylic acids is 1. The zero-order chi connectivity index (χ0) is 17.0. The van der Waals surface area contributed by atoms with Crippen molar-refractivity contribution in [1.29, 1.82) is 0 Å². The number of halogens is 1. The van der Waals surface area contributed by atoms with Crippen molar-refractivity contribution >= 4 is 12.0 Å². The molecule has 0 bridgehead atoms. The van der Waals surface area contributed by atoms with Gasteiger partial charge in [0.25, 0.3) is 0 Å². The number of rotatable bonds is 4. The molecule has 2 N–H and O–H groups in total. The molecule has 1 fully saturated rings. The van der Waals surface area contributed by atoms with Crippen LogP contribution in [0.4, 0.5) is 9.18 Å². The van der Waals surface area contributed by atoms with Crippen LogP contribution in [0.1, 0.15) is 31.4 Å². The molecule has 7 heteroatoms. The first-order valence-electron chi connectivity index (χ1n) is 7.54. The van der Waals surface area contributed by atoms with E-state index < -0.39 is 29.8 Å². The number of benzene rings is 1. The molecule has 126 valence electrons. The molecule has 1 aliphatic rings. The maximum Gasteiger partial charge on any atom is 0.317 e. The number of nitrogens with one attached hydrogen (secondary N) is 1. The van der Waals surface area contributed by atoms with E-state index in [0.717, 1.165) is 0 Å². The highest BCUT2D eigenvalue weighted by molar-refractivity contribution is 5.77. The number of nitrogens with zero attached hydrogens (tertiary/aromatic N) is 1. The molecule has 1 aromatic carbocycles. The van der Waals surface area contributed by atoms with Gasteiger partial charge in [0, 0.05) is 13.1 Å². The maximum atomic E-state index is 14.0. The molecular formula is C16H21FN2O4. The molecule has 0 aliphatic carbocycles. The van der Waals surface area contributed by atoms with Gasteiger partial charge in [0.1, 0.15) is 11.6 Å². The van der Waals surface area contributed by atoms with E-state index in [1.807, 2.05) is 0 Å². The lowest BCUT2D eigenvalue weighted by molar-refractivity contribution is -0.143. The van der Waals surface area contributed by atoms with Crippen LogP contribution >= 0.6 is 0 Å². The van der Waals surface area contributed by atoms with Crippen molar-refractivity contribution in [1.82, 2.24) is 10.2 Å². The van der Waals surface area contributed by atoms with E-state index in [1.165, 1.54) is 24.1 Å². The zero-order valence-electron chi connectivity index (χ0n) is 13.2. The number of likely N-dealkylation sites (tertiary alicyclic amines) is 1. The Bertz CT molecular complexity index is 593. The van der Waals surface area contributed by atoms with Gasteiger partial charge in [-0.2, -0.15) is 0 Å². The lowest BCUT2D eigenvalue weighted by Crippen LogP contribution is -2.47. The van der Waals surface area contributed by atoms with Crippen LogP contribution in [0.15, 0.2) is 18.2 Å². The number of piperidine rings is 1. The summed E-state index contributed by atoms with van der Waals surface area (Å²) in [5, 5.41) is 11.8. The Hall–Kier alpha value is -2.31. The first-order chi connectivity index (χ1) is 10.9. The van der Waals surface area contributed by atoms with Crippen molar-refractivity contribution < 1.29 is 23.8 Å². The van der Waals surface area contributed by atoms with E-state index in [-0.39, 0.29) is 12.1 Å².